The van der Waals surface area contributed by atoms with Gasteiger partial charge in [0.1, 0.15) is 0 Å². The molecule has 0 aliphatic rings. The van der Waals surface area contributed by atoms with Gasteiger partial charge in [-0.05, 0) is 20.3 Å². The summed E-state index contributed by atoms with van der Waals surface area (Å²) in [6.07, 6.45) is 2.20. The average Bonchev–Trinajstić information content (AvgIpc) is 2.75. The van der Waals surface area contributed by atoms with E-state index in [1.807, 2.05) is 13.8 Å². The maximum absolute atomic E-state index is 12.1. The van der Waals surface area contributed by atoms with Crippen molar-refractivity contribution in [3.05, 3.63) is 27.2 Å². The lowest BCUT2D eigenvalue weighted by molar-refractivity contribution is 0.190. The van der Waals surface area contributed by atoms with E-state index in [1.165, 1.54) is 4.57 Å². The number of ether oxygens (including phenoxy) is 1. The number of rotatable bonds is 6. The number of hydrogen-bond donors (Lipinski definition) is 2. The SMILES string of the molecule is COCCCn1c(=O)[nH]c(=O)c2c1ncn2CC(C)(C)N. The zero-order valence-electron chi connectivity index (χ0n) is 12.5. The highest BCUT2D eigenvalue weighted by atomic mass is 16.5. The van der Waals surface area contributed by atoms with Gasteiger partial charge >= 0.3 is 5.69 Å². The van der Waals surface area contributed by atoms with Crippen LogP contribution in [0, 0.1) is 0 Å². The Kier molecular flexibility index (Phi) is 4.29. The van der Waals surface area contributed by atoms with E-state index < -0.39 is 16.8 Å². The van der Waals surface area contributed by atoms with Crippen LogP contribution in [0.4, 0.5) is 0 Å². The minimum atomic E-state index is -0.489. The number of fused-ring (bicyclic) bond motifs is 1. The highest BCUT2D eigenvalue weighted by Gasteiger charge is 2.18. The molecule has 0 unspecified atom stereocenters. The van der Waals surface area contributed by atoms with Crippen LogP contribution in [0.3, 0.4) is 0 Å². The van der Waals surface area contributed by atoms with Gasteiger partial charge < -0.3 is 15.0 Å². The Bertz CT molecular complexity index is 735. The Balaban J connectivity index is 2.51. The molecule has 0 amide bonds. The van der Waals surface area contributed by atoms with E-state index in [-0.39, 0.29) is 0 Å². The lowest BCUT2D eigenvalue weighted by Gasteiger charge is -2.19. The second-order valence-corrected chi connectivity index (χ2v) is 5.79. The van der Waals surface area contributed by atoms with E-state index in [0.717, 1.165) is 0 Å². The third-order valence-electron chi connectivity index (χ3n) is 3.06. The Morgan fingerprint density at radius 2 is 2.14 bits per heavy atom. The molecular formula is C13H21N5O3. The van der Waals surface area contributed by atoms with Gasteiger partial charge in [0.2, 0.25) is 0 Å². The maximum atomic E-state index is 12.1. The summed E-state index contributed by atoms with van der Waals surface area (Å²) in [5.41, 5.74) is 5.34. The summed E-state index contributed by atoms with van der Waals surface area (Å²) in [5.74, 6) is 0. The quantitative estimate of drug-likeness (QED) is 0.709. The van der Waals surface area contributed by atoms with Crippen LogP contribution in [0.1, 0.15) is 20.3 Å². The molecule has 116 valence electrons. The number of aryl methyl sites for hydroxylation is 1. The summed E-state index contributed by atoms with van der Waals surface area (Å²) < 4.78 is 8.12. The molecule has 8 nitrogen and oxygen atoms in total. The van der Waals surface area contributed by atoms with Crippen molar-refractivity contribution in [1.29, 1.82) is 0 Å². The van der Waals surface area contributed by atoms with E-state index >= 15 is 0 Å². The molecular weight excluding hydrogens is 274 g/mol. The summed E-state index contributed by atoms with van der Waals surface area (Å²) in [5, 5.41) is 0. The number of H-pyrrole nitrogens is 1. The molecule has 0 saturated carbocycles. The fourth-order valence-corrected chi connectivity index (χ4v) is 2.25. The van der Waals surface area contributed by atoms with Crippen LogP contribution in [0.15, 0.2) is 15.9 Å². The van der Waals surface area contributed by atoms with E-state index in [1.54, 1.807) is 18.0 Å². The fourth-order valence-electron chi connectivity index (χ4n) is 2.25. The number of hydrogen-bond acceptors (Lipinski definition) is 5. The largest absolute Gasteiger partial charge is 0.385 e. The maximum Gasteiger partial charge on any atom is 0.330 e. The molecule has 0 spiro atoms. The first-order chi connectivity index (χ1) is 9.83. The van der Waals surface area contributed by atoms with Crippen molar-refractivity contribution < 1.29 is 4.74 Å². The van der Waals surface area contributed by atoms with Crippen LogP contribution >= 0.6 is 0 Å². The molecule has 2 aromatic rings. The van der Waals surface area contributed by atoms with E-state index in [4.69, 9.17) is 10.5 Å². The van der Waals surface area contributed by atoms with Crippen molar-refractivity contribution in [2.24, 2.45) is 5.73 Å². The molecule has 3 N–H and O–H groups in total. The Hall–Kier alpha value is -1.93. The van der Waals surface area contributed by atoms with Gasteiger partial charge in [-0.2, -0.15) is 0 Å². The first-order valence-corrected chi connectivity index (χ1v) is 6.79. The lowest BCUT2D eigenvalue weighted by Crippen LogP contribution is -2.38. The average molecular weight is 295 g/mol. The van der Waals surface area contributed by atoms with Gasteiger partial charge in [-0.25, -0.2) is 9.78 Å². The molecule has 0 aliphatic carbocycles. The number of nitrogens with zero attached hydrogens (tertiary/aromatic N) is 3. The predicted octanol–water partition coefficient (Wildman–Crippen LogP) is -0.340. The molecule has 0 saturated heterocycles. The molecule has 2 aromatic heterocycles. The van der Waals surface area contributed by atoms with Crippen LogP contribution in [0.5, 0.6) is 0 Å². The monoisotopic (exact) mass is 295 g/mol. The summed E-state index contributed by atoms with van der Waals surface area (Å²) in [6.45, 7) is 5.12. The second-order valence-electron chi connectivity index (χ2n) is 5.79. The number of methoxy groups -OCH3 is 1. The normalized spacial score (nSPS) is 12.2. The molecule has 2 heterocycles. The topological polar surface area (TPSA) is 108 Å². The molecule has 0 atom stereocenters. The molecule has 0 aliphatic heterocycles. The molecule has 0 fully saturated rings. The van der Waals surface area contributed by atoms with Gasteiger partial charge in [-0.3, -0.25) is 14.3 Å². The standard InChI is InChI=1S/C13H21N5O3/c1-13(2,14)7-17-8-15-10-9(17)11(19)16-12(20)18(10)5-4-6-21-3/h8H,4-7,14H2,1-3H3,(H,16,19,20). The zero-order valence-corrected chi connectivity index (χ0v) is 12.5. The van der Waals surface area contributed by atoms with E-state index in [2.05, 4.69) is 9.97 Å². The van der Waals surface area contributed by atoms with Crippen LogP contribution in [0.2, 0.25) is 0 Å². The Morgan fingerprint density at radius 1 is 1.43 bits per heavy atom. The number of aromatic nitrogens is 4. The lowest BCUT2D eigenvalue weighted by atomic mass is 10.1. The summed E-state index contributed by atoms with van der Waals surface area (Å²) in [4.78, 5) is 30.5. The van der Waals surface area contributed by atoms with Crippen LogP contribution in [-0.2, 0) is 17.8 Å². The molecule has 2 rings (SSSR count). The first kappa shape index (κ1) is 15.5. The molecule has 8 heteroatoms. The Morgan fingerprint density at radius 3 is 2.76 bits per heavy atom. The summed E-state index contributed by atoms with van der Waals surface area (Å²) in [7, 11) is 1.60. The Labute approximate surface area is 121 Å². The number of aromatic amines is 1. The van der Waals surface area contributed by atoms with Crippen molar-refractivity contribution in [2.45, 2.75) is 38.9 Å². The van der Waals surface area contributed by atoms with Crippen LogP contribution < -0.4 is 17.0 Å². The van der Waals surface area contributed by atoms with Crippen LogP contribution in [-0.4, -0.2) is 38.4 Å². The van der Waals surface area contributed by atoms with E-state index in [0.29, 0.717) is 37.3 Å². The number of imidazole rings is 1. The molecule has 0 radical (unpaired) electrons. The highest BCUT2D eigenvalue weighted by molar-refractivity contribution is 5.69. The van der Waals surface area contributed by atoms with Crippen molar-refractivity contribution in [3.63, 3.8) is 0 Å². The van der Waals surface area contributed by atoms with Gasteiger partial charge in [0.05, 0.1) is 6.33 Å². The van der Waals surface area contributed by atoms with Gasteiger partial charge in [-0.15, -0.1) is 0 Å². The smallest absolute Gasteiger partial charge is 0.330 e. The van der Waals surface area contributed by atoms with Crippen molar-refractivity contribution in [3.8, 4) is 0 Å². The second kappa shape index (κ2) is 5.82. The summed E-state index contributed by atoms with van der Waals surface area (Å²) >= 11 is 0. The first-order valence-electron chi connectivity index (χ1n) is 6.79. The minimum Gasteiger partial charge on any atom is -0.385 e. The van der Waals surface area contributed by atoms with Gasteiger partial charge in [0, 0.05) is 32.3 Å². The summed E-state index contributed by atoms with van der Waals surface area (Å²) in [6, 6.07) is 0. The minimum absolute atomic E-state index is 0.366. The van der Waals surface area contributed by atoms with Crippen molar-refractivity contribution in [2.75, 3.05) is 13.7 Å². The molecule has 21 heavy (non-hydrogen) atoms. The van der Waals surface area contributed by atoms with Crippen LogP contribution in [0.25, 0.3) is 11.2 Å². The number of nitrogens with one attached hydrogen (secondary N) is 1. The van der Waals surface area contributed by atoms with Gasteiger partial charge in [0.15, 0.2) is 11.2 Å². The van der Waals surface area contributed by atoms with Gasteiger partial charge in [-0.1, -0.05) is 0 Å². The van der Waals surface area contributed by atoms with Crippen molar-refractivity contribution in [1.82, 2.24) is 19.1 Å². The van der Waals surface area contributed by atoms with E-state index in [9.17, 15) is 9.59 Å². The zero-order chi connectivity index (χ0) is 15.6. The van der Waals surface area contributed by atoms with Crippen molar-refractivity contribution >= 4 is 11.2 Å². The van der Waals surface area contributed by atoms with Gasteiger partial charge in [0.25, 0.3) is 5.56 Å². The highest BCUT2D eigenvalue weighted by Crippen LogP contribution is 2.10. The third-order valence-corrected chi connectivity index (χ3v) is 3.06. The molecule has 0 aromatic carbocycles. The fraction of sp³-hybridized carbons (Fsp3) is 0.615. The molecule has 0 bridgehead atoms. The predicted molar refractivity (Wildman–Crippen MR) is 79.4 cm³/mol. The number of nitrogens with two attached hydrogens (primary N) is 1. The third kappa shape index (κ3) is 3.40.